The van der Waals surface area contributed by atoms with Crippen LogP contribution >= 0.6 is 0 Å². The zero-order valence-corrected chi connectivity index (χ0v) is 14.4. The van der Waals surface area contributed by atoms with E-state index in [1.54, 1.807) is 6.07 Å². The van der Waals surface area contributed by atoms with E-state index in [0.717, 1.165) is 5.56 Å². The van der Waals surface area contributed by atoms with Gasteiger partial charge in [0.15, 0.2) is 0 Å². The first kappa shape index (κ1) is 18.0. The van der Waals surface area contributed by atoms with Gasteiger partial charge in [0.2, 0.25) is 10.0 Å². The maximum atomic E-state index is 12.3. The van der Waals surface area contributed by atoms with Gasteiger partial charge in [-0.2, -0.15) is 0 Å². The van der Waals surface area contributed by atoms with Gasteiger partial charge in [0.1, 0.15) is 5.75 Å². The predicted molar refractivity (Wildman–Crippen MR) is 91.5 cm³/mol. The summed E-state index contributed by atoms with van der Waals surface area (Å²) >= 11 is 0. The lowest BCUT2D eigenvalue weighted by molar-refractivity contribution is 0.0950. The van der Waals surface area contributed by atoms with E-state index in [2.05, 4.69) is 10.0 Å². The number of para-hydroxylation sites is 1. The molecule has 0 radical (unpaired) electrons. The quantitative estimate of drug-likeness (QED) is 0.801. The number of carbonyl (C=O) groups is 1. The molecule has 0 aliphatic carbocycles. The highest BCUT2D eigenvalue weighted by Crippen LogP contribution is 2.18. The third-order valence-corrected chi connectivity index (χ3v) is 4.80. The van der Waals surface area contributed by atoms with E-state index in [1.165, 1.54) is 25.2 Å². The average molecular weight is 348 g/mol. The molecule has 0 bridgehead atoms. The first-order valence-corrected chi connectivity index (χ1v) is 8.98. The molecule has 0 heterocycles. The van der Waals surface area contributed by atoms with Crippen LogP contribution in [-0.2, 0) is 16.6 Å². The second kappa shape index (κ2) is 7.94. The number of carbonyl (C=O) groups excluding carboxylic acids is 1. The first-order valence-electron chi connectivity index (χ1n) is 7.50. The van der Waals surface area contributed by atoms with Crippen molar-refractivity contribution in [3.8, 4) is 5.75 Å². The zero-order chi connectivity index (χ0) is 17.6. The number of hydrogen-bond acceptors (Lipinski definition) is 4. The topological polar surface area (TPSA) is 84.5 Å². The Balaban J connectivity index is 2.13. The summed E-state index contributed by atoms with van der Waals surface area (Å²) in [6, 6.07) is 13.3. The third kappa shape index (κ3) is 4.33. The summed E-state index contributed by atoms with van der Waals surface area (Å²) in [4.78, 5) is 12.3. The number of sulfonamides is 1. The van der Waals surface area contributed by atoms with Gasteiger partial charge in [-0.15, -0.1) is 0 Å². The predicted octanol–water partition coefficient (Wildman–Crippen LogP) is 1.92. The van der Waals surface area contributed by atoms with E-state index in [0.29, 0.717) is 12.4 Å². The Labute approximate surface area is 141 Å². The number of rotatable bonds is 7. The molecule has 0 unspecified atom stereocenters. The van der Waals surface area contributed by atoms with Crippen LogP contribution in [0.5, 0.6) is 5.75 Å². The van der Waals surface area contributed by atoms with Crippen molar-refractivity contribution in [3.05, 3.63) is 59.7 Å². The molecule has 2 aromatic rings. The second-order valence-corrected chi connectivity index (χ2v) is 6.85. The van der Waals surface area contributed by atoms with E-state index in [9.17, 15) is 13.2 Å². The maximum absolute atomic E-state index is 12.3. The van der Waals surface area contributed by atoms with Crippen LogP contribution in [0.1, 0.15) is 22.8 Å². The monoisotopic (exact) mass is 348 g/mol. The Morgan fingerprint density at radius 2 is 1.88 bits per heavy atom. The van der Waals surface area contributed by atoms with Crippen molar-refractivity contribution in [1.29, 1.82) is 0 Å². The standard InChI is InChI=1S/C17H20N2O4S/c1-3-23-16-10-5-4-7-14(16)12-19-17(20)13-8-6-9-15(11-13)24(21,22)18-2/h4-11,18H,3,12H2,1-2H3,(H,19,20). The second-order valence-electron chi connectivity index (χ2n) is 4.96. The fourth-order valence-electron chi connectivity index (χ4n) is 2.15. The Bertz CT molecular complexity index is 819. The van der Waals surface area contributed by atoms with Crippen LogP contribution in [-0.4, -0.2) is 28.0 Å². The maximum Gasteiger partial charge on any atom is 0.251 e. The lowest BCUT2D eigenvalue weighted by Gasteiger charge is -2.11. The van der Waals surface area contributed by atoms with Crippen molar-refractivity contribution in [2.45, 2.75) is 18.4 Å². The van der Waals surface area contributed by atoms with E-state index < -0.39 is 10.0 Å². The lowest BCUT2D eigenvalue weighted by Crippen LogP contribution is -2.24. The van der Waals surface area contributed by atoms with Crippen molar-refractivity contribution >= 4 is 15.9 Å². The molecular weight excluding hydrogens is 328 g/mol. The van der Waals surface area contributed by atoms with E-state index in [-0.39, 0.29) is 22.9 Å². The molecule has 1 amide bonds. The Morgan fingerprint density at radius 1 is 1.12 bits per heavy atom. The first-order chi connectivity index (χ1) is 11.5. The van der Waals surface area contributed by atoms with Gasteiger partial charge in [-0.05, 0) is 38.2 Å². The molecule has 24 heavy (non-hydrogen) atoms. The number of benzene rings is 2. The molecule has 2 aromatic carbocycles. The number of hydrogen-bond donors (Lipinski definition) is 2. The van der Waals surface area contributed by atoms with Gasteiger partial charge >= 0.3 is 0 Å². The highest BCUT2D eigenvalue weighted by Gasteiger charge is 2.14. The average Bonchev–Trinajstić information content (AvgIpc) is 2.61. The van der Waals surface area contributed by atoms with Crippen LogP contribution in [0, 0.1) is 0 Å². The SMILES string of the molecule is CCOc1ccccc1CNC(=O)c1cccc(S(=O)(=O)NC)c1. The smallest absolute Gasteiger partial charge is 0.251 e. The van der Waals surface area contributed by atoms with E-state index in [4.69, 9.17) is 4.74 Å². The van der Waals surface area contributed by atoms with Crippen LogP contribution in [0.15, 0.2) is 53.4 Å². The minimum atomic E-state index is -3.59. The molecule has 0 aromatic heterocycles. The van der Waals surface area contributed by atoms with Gasteiger partial charge < -0.3 is 10.1 Å². The summed E-state index contributed by atoms with van der Waals surface area (Å²) in [6.07, 6.45) is 0. The molecule has 0 atom stereocenters. The minimum Gasteiger partial charge on any atom is -0.494 e. The van der Waals surface area contributed by atoms with Gasteiger partial charge in [0.25, 0.3) is 5.91 Å². The summed E-state index contributed by atoms with van der Waals surface area (Å²) < 4.78 is 31.4. The lowest BCUT2D eigenvalue weighted by atomic mass is 10.1. The van der Waals surface area contributed by atoms with Crippen LogP contribution in [0.25, 0.3) is 0 Å². The summed E-state index contributed by atoms with van der Waals surface area (Å²) in [7, 11) is -2.26. The minimum absolute atomic E-state index is 0.0485. The molecule has 0 saturated carbocycles. The Hall–Kier alpha value is -2.38. The Kier molecular flexibility index (Phi) is 5.94. The summed E-state index contributed by atoms with van der Waals surface area (Å²) in [6.45, 7) is 2.72. The zero-order valence-electron chi connectivity index (χ0n) is 13.6. The van der Waals surface area contributed by atoms with Gasteiger partial charge in [0, 0.05) is 17.7 Å². The highest BCUT2D eigenvalue weighted by molar-refractivity contribution is 7.89. The van der Waals surface area contributed by atoms with Crippen LogP contribution in [0.3, 0.4) is 0 Å². The molecule has 0 spiro atoms. The molecular formula is C17H20N2O4S. The van der Waals surface area contributed by atoms with Gasteiger partial charge in [-0.1, -0.05) is 24.3 Å². The van der Waals surface area contributed by atoms with Crippen molar-refractivity contribution in [2.75, 3.05) is 13.7 Å². The van der Waals surface area contributed by atoms with E-state index >= 15 is 0 Å². The van der Waals surface area contributed by atoms with Crippen molar-refractivity contribution < 1.29 is 17.9 Å². The molecule has 0 aliphatic heterocycles. The van der Waals surface area contributed by atoms with Crippen molar-refractivity contribution in [1.82, 2.24) is 10.0 Å². The van der Waals surface area contributed by atoms with Gasteiger partial charge in [-0.25, -0.2) is 13.1 Å². The van der Waals surface area contributed by atoms with E-state index in [1.807, 2.05) is 31.2 Å². The van der Waals surface area contributed by atoms with Crippen LogP contribution in [0.4, 0.5) is 0 Å². The molecule has 128 valence electrons. The van der Waals surface area contributed by atoms with Crippen molar-refractivity contribution in [2.24, 2.45) is 0 Å². The van der Waals surface area contributed by atoms with Crippen LogP contribution in [0.2, 0.25) is 0 Å². The number of nitrogens with one attached hydrogen (secondary N) is 2. The molecule has 6 nitrogen and oxygen atoms in total. The summed E-state index contributed by atoms with van der Waals surface area (Å²) in [5.74, 6) is 0.362. The van der Waals surface area contributed by atoms with Crippen LogP contribution < -0.4 is 14.8 Å². The molecule has 7 heteroatoms. The summed E-state index contributed by atoms with van der Waals surface area (Å²) in [5, 5.41) is 2.78. The normalized spacial score (nSPS) is 11.1. The highest BCUT2D eigenvalue weighted by atomic mass is 32.2. The van der Waals surface area contributed by atoms with Gasteiger partial charge in [-0.3, -0.25) is 4.79 Å². The molecule has 0 aliphatic rings. The van der Waals surface area contributed by atoms with Crippen molar-refractivity contribution in [3.63, 3.8) is 0 Å². The molecule has 0 fully saturated rings. The summed E-state index contributed by atoms with van der Waals surface area (Å²) in [5.41, 5.74) is 1.13. The fraction of sp³-hybridized carbons (Fsp3) is 0.235. The number of amides is 1. The molecule has 2 rings (SSSR count). The fourth-order valence-corrected chi connectivity index (χ4v) is 2.92. The third-order valence-electron chi connectivity index (χ3n) is 3.39. The molecule has 2 N–H and O–H groups in total. The van der Waals surface area contributed by atoms with Gasteiger partial charge in [0.05, 0.1) is 11.5 Å². The number of ether oxygens (including phenoxy) is 1. The Morgan fingerprint density at radius 3 is 2.58 bits per heavy atom. The largest absolute Gasteiger partial charge is 0.494 e. The molecule has 0 saturated heterocycles.